The van der Waals surface area contributed by atoms with Crippen molar-refractivity contribution in [2.45, 2.75) is 31.7 Å². The van der Waals surface area contributed by atoms with Gasteiger partial charge in [-0.05, 0) is 30.5 Å². The summed E-state index contributed by atoms with van der Waals surface area (Å²) in [5.41, 5.74) is 1.12. The topological polar surface area (TPSA) is 90.0 Å². The number of anilines is 2. The number of H-pyrrole nitrogens is 1. The van der Waals surface area contributed by atoms with Crippen LogP contribution in [0, 0.1) is 5.82 Å². The Morgan fingerprint density at radius 3 is 2.66 bits per heavy atom. The van der Waals surface area contributed by atoms with Crippen LogP contribution in [0.25, 0.3) is 11.2 Å². The van der Waals surface area contributed by atoms with E-state index in [2.05, 4.69) is 25.3 Å². The molecular weight excluding hydrogens is 392 g/mol. The van der Waals surface area contributed by atoms with Gasteiger partial charge < -0.3 is 20.3 Å². The van der Waals surface area contributed by atoms with Gasteiger partial charge in [0.15, 0.2) is 11.5 Å². The second-order valence-corrected chi connectivity index (χ2v) is 6.85. The van der Waals surface area contributed by atoms with Crippen molar-refractivity contribution < 1.29 is 22.7 Å². The molecule has 0 atom stereocenters. The van der Waals surface area contributed by atoms with Crippen LogP contribution in [-0.2, 0) is 12.7 Å². The van der Waals surface area contributed by atoms with Crippen molar-refractivity contribution in [1.29, 1.82) is 0 Å². The molecule has 1 aliphatic rings. The number of nitrogens with zero attached hydrogens (tertiary/aromatic N) is 4. The van der Waals surface area contributed by atoms with E-state index < -0.39 is 17.8 Å². The zero-order chi connectivity index (χ0) is 20.6. The third-order valence-corrected chi connectivity index (χ3v) is 4.82. The number of aromatic amines is 1. The predicted molar refractivity (Wildman–Crippen MR) is 97.9 cm³/mol. The Bertz CT molecular complexity index is 1010. The van der Waals surface area contributed by atoms with E-state index in [1.807, 2.05) is 4.90 Å². The van der Waals surface area contributed by atoms with Gasteiger partial charge in [0.05, 0.1) is 18.1 Å². The van der Waals surface area contributed by atoms with Crippen LogP contribution in [-0.4, -0.2) is 44.2 Å². The molecule has 7 nitrogen and oxygen atoms in total. The molecule has 11 heteroatoms. The van der Waals surface area contributed by atoms with Gasteiger partial charge in [-0.1, -0.05) is 6.07 Å². The van der Waals surface area contributed by atoms with Gasteiger partial charge in [0.1, 0.15) is 11.3 Å². The summed E-state index contributed by atoms with van der Waals surface area (Å²) in [5, 5.41) is 12.4. The molecule has 1 saturated heterocycles. The summed E-state index contributed by atoms with van der Waals surface area (Å²) >= 11 is 0. The molecule has 1 aliphatic heterocycles. The highest BCUT2D eigenvalue weighted by Crippen LogP contribution is 2.30. The van der Waals surface area contributed by atoms with Crippen LogP contribution in [0.1, 0.15) is 24.2 Å². The van der Waals surface area contributed by atoms with Gasteiger partial charge in [0, 0.05) is 19.6 Å². The number of benzene rings is 1. The van der Waals surface area contributed by atoms with Crippen LogP contribution in [0.15, 0.2) is 24.5 Å². The highest BCUT2D eigenvalue weighted by molar-refractivity contribution is 5.82. The van der Waals surface area contributed by atoms with Gasteiger partial charge in [-0.2, -0.15) is 13.2 Å². The Morgan fingerprint density at radius 2 is 1.97 bits per heavy atom. The number of alkyl halides is 3. The zero-order valence-electron chi connectivity index (χ0n) is 15.2. The Morgan fingerprint density at radius 1 is 1.21 bits per heavy atom. The minimum Gasteiger partial charge on any atom is -0.393 e. The minimum atomic E-state index is -4.71. The lowest BCUT2D eigenvalue weighted by molar-refractivity contribution is -0.144. The van der Waals surface area contributed by atoms with Gasteiger partial charge in [-0.15, -0.1) is 0 Å². The maximum atomic E-state index is 14.6. The van der Waals surface area contributed by atoms with E-state index in [-0.39, 0.29) is 29.6 Å². The number of nitrogens with one attached hydrogen (secondary N) is 2. The number of aliphatic hydroxyl groups is 1. The average molecular weight is 410 g/mol. The second-order valence-electron chi connectivity index (χ2n) is 6.85. The lowest BCUT2D eigenvalue weighted by atomic mass is 10.1. The normalized spacial score (nSPS) is 15.8. The Hall–Kier alpha value is -2.95. The quantitative estimate of drug-likeness (QED) is 0.573. The van der Waals surface area contributed by atoms with Gasteiger partial charge in [0.2, 0.25) is 5.82 Å². The number of fused-ring (bicyclic) bond motifs is 1. The summed E-state index contributed by atoms with van der Waals surface area (Å²) in [4.78, 5) is 15.3. The monoisotopic (exact) mass is 410 g/mol. The third kappa shape index (κ3) is 4.09. The predicted octanol–water partition coefficient (Wildman–Crippen LogP) is 3.08. The number of rotatable bonds is 4. The van der Waals surface area contributed by atoms with Crippen LogP contribution < -0.4 is 10.2 Å². The molecule has 154 valence electrons. The maximum absolute atomic E-state index is 14.6. The fourth-order valence-corrected chi connectivity index (χ4v) is 3.30. The number of aromatic nitrogens is 4. The molecule has 0 aliphatic carbocycles. The maximum Gasteiger partial charge on any atom is 0.451 e. The number of hydrogen-bond acceptors (Lipinski definition) is 6. The molecule has 0 amide bonds. The Labute approximate surface area is 162 Å². The molecular formula is C18H18F4N6O. The van der Waals surface area contributed by atoms with E-state index in [4.69, 9.17) is 0 Å². The highest BCUT2D eigenvalue weighted by Gasteiger charge is 2.36. The Kier molecular flexibility index (Phi) is 4.99. The molecule has 0 saturated carbocycles. The second kappa shape index (κ2) is 7.47. The van der Waals surface area contributed by atoms with Gasteiger partial charge >= 0.3 is 6.18 Å². The van der Waals surface area contributed by atoms with E-state index in [9.17, 15) is 22.7 Å². The summed E-state index contributed by atoms with van der Waals surface area (Å²) in [6.07, 6.45) is -2.67. The minimum absolute atomic E-state index is 0.0608. The van der Waals surface area contributed by atoms with Gasteiger partial charge in [-0.25, -0.2) is 19.3 Å². The van der Waals surface area contributed by atoms with Crippen LogP contribution in [0.4, 0.5) is 29.1 Å². The van der Waals surface area contributed by atoms with Crippen molar-refractivity contribution in [2.24, 2.45) is 0 Å². The van der Waals surface area contributed by atoms with E-state index in [1.165, 1.54) is 12.4 Å². The molecule has 0 radical (unpaired) electrons. The van der Waals surface area contributed by atoms with E-state index in [1.54, 1.807) is 12.1 Å². The van der Waals surface area contributed by atoms with Gasteiger partial charge in [-0.3, -0.25) is 0 Å². The summed E-state index contributed by atoms with van der Waals surface area (Å²) in [7, 11) is 0. The highest BCUT2D eigenvalue weighted by atomic mass is 19.4. The fraction of sp³-hybridized carbons (Fsp3) is 0.389. The summed E-state index contributed by atoms with van der Waals surface area (Å²) in [5.74, 6) is -1.78. The Balaban J connectivity index is 1.52. The lowest BCUT2D eigenvalue weighted by Crippen LogP contribution is -2.36. The first-order valence-corrected chi connectivity index (χ1v) is 9.05. The first-order valence-electron chi connectivity index (χ1n) is 9.05. The number of aliphatic hydroxyl groups excluding tert-OH is 1. The summed E-state index contributed by atoms with van der Waals surface area (Å²) in [6.45, 7) is 1.20. The molecule has 0 spiro atoms. The van der Waals surface area contributed by atoms with Gasteiger partial charge in [0.25, 0.3) is 0 Å². The molecule has 3 aromatic rings. The van der Waals surface area contributed by atoms with Crippen LogP contribution in [0.2, 0.25) is 0 Å². The van der Waals surface area contributed by atoms with E-state index in [0.29, 0.717) is 37.2 Å². The standard InChI is InChI=1S/C18H18F4N6O/c19-12-7-10(1-2-13(12)28-5-3-11(29)4-6-28)8-23-15-14-16(25-9-24-14)27-17(26-15)18(20,21)22/h1-2,7,9,11,29H,3-6,8H2,(H2,23,24,25,26,27). The first-order chi connectivity index (χ1) is 13.8. The third-order valence-electron chi connectivity index (χ3n) is 4.82. The van der Waals surface area contributed by atoms with Crippen molar-refractivity contribution in [3.05, 3.63) is 41.7 Å². The average Bonchev–Trinajstić information content (AvgIpc) is 3.15. The molecule has 3 heterocycles. The number of piperidine rings is 1. The number of hydrogen-bond donors (Lipinski definition) is 3. The first kappa shape index (κ1) is 19.4. The van der Waals surface area contributed by atoms with Crippen molar-refractivity contribution in [2.75, 3.05) is 23.3 Å². The SMILES string of the molecule is OC1CCN(c2ccc(CNc3nc(C(F)(F)F)nc4nc[nH]c34)cc2F)CC1. The lowest BCUT2D eigenvalue weighted by Gasteiger charge is -2.31. The van der Waals surface area contributed by atoms with Crippen LogP contribution in [0.3, 0.4) is 0 Å². The number of imidazole rings is 1. The molecule has 1 fully saturated rings. The smallest absolute Gasteiger partial charge is 0.393 e. The molecule has 3 N–H and O–H groups in total. The number of halogens is 4. The zero-order valence-corrected chi connectivity index (χ0v) is 15.2. The summed E-state index contributed by atoms with van der Waals surface area (Å²) < 4.78 is 53.6. The molecule has 0 bridgehead atoms. The van der Waals surface area contributed by atoms with Crippen molar-refractivity contribution in [3.63, 3.8) is 0 Å². The van der Waals surface area contributed by atoms with Crippen molar-refractivity contribution in [1.82, 2.24) is 19.9 Å². The van der Waals surface area contributed by atoms with E-state index >= 15 is 0 Å². The molecule has 1 aromatic carbocycles. The fourth-order valence-electron chi connectivity index (χ4n) is 3.30. The van der Waals surface area contributed by atoms with Crippen LogP contribution >= 0.6 is 0 Å². The molecule has 2 aromatic heterocycles. The molecule has 4 rings (SSSR count). The molecule has 29 heavy (non-hydrogen) atoms. The van der Waals surface area contributed by atoms with Crippen molar-refractivity contribution in [3.8, 4) is 0 Å². The summed E-state index contributed by atoms with van der Waals surface area (Å²) in [6, 6.07) is 4.67. The largest absolute Gasteiger partial charge is 0.451 e. The van der Waals surface area contributed by atoms with Crippen molar-refractivity contribution >= 4 is 22.7 Å². The van der Waals surface area contributed by atoms with E-state index in [0.717, 1.165) is 0 Å². The molecule has 0 unspecified atom stereocenters. The van der Waals surface area contributed by atoms with Crippen LogP contribution in [0.5, 0.6) is 0 Å².